The second kappa shape index (κ2) is 6.43. The van der Waals surface area contributed by atoms with Crippen molar-refractivity contribution in [2.24, 2.45) is 0 Å². The van der Waals surface area contributed by atoms with Crippen LogP contribution in [0.1, 0.15) is 5.56 Å². The van der Waals surface area contributed by atoms with E-state index in [0.29, 0.717) is 11.4 Å². The number of benzene rings is 2. The van der Waals surface area contributed by atoms with Crippen molar-refractivity contribution in [3.8, 4) is 5.75 Å². The summed E-state index contributed by atoms with van der Waals surface area (Å²) in [5.41, 5.74) is 7.99. The smallest absolute Gasteiger partial charge is 0.262 e. The molecular weight excluding hydrogens is 320 g/mol. The van der Waals surface area contributed by atoms with Crippen LogP contribution in [0.4, 0.5) is 11.4 Å². The Morgan fingerprint density at radius 2 is 2.10 bits per heavy atom. The fraction of sp³-hybridized carbons (Fsp3) is 0.133. The first-order valence-electron chi connectivity index (χ1n) is 6.09. The number of ether oxygens (including phenoxy) is 1. The second-order valence-electron chi connectivity index (χ2n) is 4.37. The molecule has 2 aromatic rings. The lowest BCUT2D eigenvalue weighted by Crippen LogP contribution is -2.20. The maximum absolute atomic E-state index is 11.8. The SMILES string of the molecule is Cc1cc(N)ccc1NC(=O)COc1cccc(Br)c1. The lowest BCUT2D eigenvalue weighted by atomic mass is 10.2. The van der Waals surface area contributed by atoms with Gasteiger partial charge in [0.15, 0.2) is 6.61 Å². The molecule has 0 saturated heterocycles. The Bertz CT molecular complexity index is 629. The number of rotatable bonds is 4. The van der Waals surface area contributed by atoms with Crippen LogP contribution in [0.25, 0.3) is 0 Å². The van der Waals surface area contributed by atoms with Crippen molar-refractivity contribution in [3.05, 3.63) is 52.5 Å². The summed E-state index contributed by atoms with van der Waals surface area (Å²) in [7, 11) is 0. The van der Waals surface area contributed by atoms with E-state index in [9.17, 15) is 4.79 Å². The summed E-state index contributed by atoms with van der Waals surface area (Å²) in [6.07, 6.45) is 0. The average molecular weight is 335 g/mol. The molecule has 2 rings (SSSR count). The predicted octanol–water partition coefficient (Wildman–Crippen LogP) is 3.36. The number of carbonyl (C=O) groups is 1. The molecule has 0 aliphatic heterocycles. The van der Waals surface area contributed by atoms with E-state index in [1.54, 1.807) is 18.2 Å². The molecular formula is C15H15BrN2O2. The van der Waals surface area contributed by atoms with Crippen LogP contribution in [0.2, 0.25) is 0 Å². The number of anilines is 2. The molecule has 0 saturated carbocycles. The zero-order chi connectivity index (χ0) is 14.5. The van der Waals surface area contributed by atoms with Crippen molar-refractivity contribution < 1.29 is 9.53 Å². The molecule has 104 valence electrons. The molecule has 0 fully saturated rings. The van der Waals surface area contributed by atoms with Gasteiger partial charge in [-0.2, -0.15) is 0 Å². The van der Waals surface area contributed by atoms with Gasteiger partial charge in [-0.3, -0.25) is 4.79 Å². The molecule has 0 aromatic heterocycles. The van der Waals surface area contributed by atoms with Gasteiger partial charge >= 0.3 is 0 Å². The number of nitrogens with two attached hydrogens (primary N) is 1. The normalized spacial score (nSPS) is 10.1. The third-order valence-electron chi connectivity index (χ3n) is 2.69. The highest BCUT2D eigenvalue weighted by atomic mass is 79.9. The van der Waals surface area contributed by atoms with Crippen LogP contribution in [0.5, 0.6) is 5.75 Å². The minimum absolute atomic E-state index is 0.0414. The number of hydrogen-bond acceptors (Lipinski definition) is 3. The van der Waals surface area contributed by atoms with Crippen molar-refractivity contribution >= 4 is 33.2 Å². The maximum Gasteiger partial charge on any atom is 0.262 e. The highest BCUT2D eigenvalue weighted by Crippen LogP contribution is 2.19. The van der Waals surface area contributed by atoms with E-state index in [-0.39, 0.29) is 12.5 Å². The molecule has 2 aromatic carbocycles. The van der Waals surface area contributed by atoms with Gasteiger partial charge in [-0.1, -0.05) is 22.0 Å². The molecule has 0 aliphatic carbocycles. The van der Waals surface area contributed by atoms with E-state index in [4.69, 9.17) is 10.5 Å². The van der Waals surface area contributed by atoms with Gasteiger partial charge in [-0.05, 0) is 48.9 Å². The highest BCUT2D eigenvalue weighted by molar-refractivity contribution is 9.10. The minimum atomic E-state index is -0.210. The zero-order valence-electron chi connectivity index (χ0n) is 11.0. The zero-order valence-corrected chi connectivity index (χ0v) is 12.6. The van der Waals surface area contributed by atoms with Gasteiger partial charge in [0.2, 0.25) is 0 Å². The highest BCUT2D eigenvalue weighted by Gasteiger charge is 2.06. The van der Waals surface area contributed by atoms with Crippen LogP contribution in [0, 0.1) is 6.92 Å². The number of carbonyl (C=O) groups excluding carboxylic acids is 1. The van der Waals surface area contributed by atoms with Crippen LogP contribution >= 0.6 is 15.9 Å². The monoisotopic (exact) mass is 334 g/mol. The number of halogens is 1. The molecule has 0 spiro atoms. The van der Waals surface area contributed by atoms with Crippen LogP contribution in [-0.4, -0.2) is 12.5 Å². The summed E-state index contributed by atoms with van der Waals surface area (Å²) >= 11 is 3.35. The maximum atomic E-state index is 11.8. The van der Waals surface area contributed by atoms with E-state index in [1.165, 1.54) is 0 Å². The molecule has 0 aliphatic rings. The number of nitrogen functional groups attached to an aromatic ring is 1. The Hall–Kier alpha value is -2.01. The molecule has 0 bridgehead atoms. The summed E-state index contributed by atoms with van der Waals surface area (Å²) in [6, 6.07) is 12.7. The molecule has 5 heteroatoms. The number of hydrogen-bond donors (Lipinski definition) is 2. The van der Waals surface area contributed by atoms with Gasteiger partial charge in [0, 0.05) is 15.8 Å². The van der Waals surface area contributed by atoms with Crippen molar-refractivity contribution in [1.29, 1.82) is 0 Å². The first kappa shape index (κ1) is 14.4. The summed E-state index contributed by atoms with van der Waals surface area (Å²) in [5, 5.41) is 2.79. The standard InChI is InChI=1S/C15H15BrN2O2/c1-10-7-12(17)5-6-14(10)18-15(19)9-20-13-4-2-3-11(16)8-13/h2-8H,9,17H2,1H3,(H,18,19). The quantitative estimate of drug-likeness (QED) is 0.842. The van der Waals surface area contributed by atoms with Crippen molar-refractivity contribution in [2.75, 3.05) is 17.7 Å². The van der Waals surface area contributed by atoms with Crippen LogP contribution in [0.3, 0.4) is 0 Å². The van der Waals surface area contributed by atoms with E-state index < -0.39 is 0 Å². The topological polar surface area (TPSA) is 64.3 Å². The fourth-order valence-corrected chi connectivity index (χ4v) is 2.10. The second-order valence-corrected chi connectivity index (χ2v) is 5.28. The van der Waals surface area contributed by atoms with E-state index in [0.717, 1.165) is 15.7 Å². The fourth-order valence-electron chi connectivity index (χ4n) is 1.72. The number of amides is 1. The van der Waals surface area contributed by atoms with Gasteiger partial charge in [0.25, 0.3) is 5.91 Å². The molecule has 20 heavy (non-hydrogen) atoms. The molecule has 3 N–H and O–H groups in total. The van der Waals surface area contributed by atoms with Crippen molar-refractivity contribution in [1.82, 2.24) is 0 Å². The average Bonchev–Trinajstić information content (AvgIpc) is 2.40. The van der Waals surface area contributed by atoms with Crippen LogP contribution in [-0.2, 0) is 4.79 Å². The largest absolute Gasteiger partial charge is 0.484 e. The Kier molecular flexibility index (Phi) is 4.63. The molecule has 0 unspecified atom stereocenters. The first-order valence-corrected chi connectivity index (χ1v) is 6.88. The number of aryl methyl sites for hydroxylation is 1. The molecule has 0 atom stereocenters. The van der Waals surface area contributed by atoms with E-state index in [2.05, 4.69) is 21.2 Å². The minimum Gasteiger partial charge on any atom is -0.484 e. The summed E-state index contributed by atoms with van der Waals surface area (Å²) in [4.78, 5) is 11.8. The predicted molar refractivity (Wildman–Crippen MR) is 83.9 cm³/mol. The molecule has 1 amide bonds. The summed E-state index contributed by atoms with van der Waals surface area (Å²) in [5.74, 6) is 0.432. The van der Waals surface area contributed by atoms with Gasteiger partial charge < -0.3 is 15.8 Å². The van der Waals surface area contributed by atoms with Crippen LogP contribution < -0.4 is 15.8 Å². The Morgan fingerprint density at radius 1 is 1.30 bits per heavy atom. The van der Waals surface area contributed by atoms with E-state index >= 15 is 0 Å². The van der Waals surface area contributed by atoms with Gasteiger partial charge in [0.1, 0.15) is 5.75 Å². The van der Waals surface area contributed by atoms with Crippen LogP contribution in [0.15, 0.2) is 46.9 Å². The summed E-state index contributed by atoms with van der Waals surface area (Å²) in [6.45, 7) is 1.85. The molecule has 4 nitrogen and oxygen atoms in total. The first-order chi connectivity index (χ1) is 9.54. The van der Waals surface area contributed by atoms with Crippen molar-refractivity contribution in [3.63, 3.8) is 0 Å². The van der Waals surface area contributed by atoms with Gasteiger partial charge in [-0.25, -0.2) is 0 Å². The molecule has 0 heterocycles. The Morgan fingerprint density at radius 3 is 2.80 bits per heavy atom. The number of nitrogens with one attached hydrogen (secondary N) is 1. The van der Waals surface area contributed by atoms with Gasteiger partial charge in [0.05, 0.1) is 0 Å². The van der Waals surface area contributed by atoms with Gasteiger partial charge in [-0.15, -0.1) is 0 Å². The molecule has 0 radical (unpaired) electrons. The lowest BCUT2D eigenvalue weighted by Gasteiger charge is -2.10. The third-order valence-corrected chi connectivity index (χ3v) is 3.18. The Labute approximate surface area is 126 Å². The Balaban J connectivity index is 1.92. The summed E-state index contributed by atoms with van der Waals surface area (Å²) < 4.78 is 6.32. The lowest BCUT2D eigenvalue weighted by molar-refractivity contribution is -0.118. The van der Waals surface area contributed by atoms with Crippen molar-refractivity contribution in [2.45, 2.75) is 6.92 Å². The third kappa shape index (κ3) is 3.99. The van der Waals surface area contributed by atoms with E-state index in [1.807, 2.05) is 31.2 Å².